The number of aryl methyl sites for hydroxylation is 1. The number of pyridine rings is 1. The van der Waals surface area contributed by atoms with Crippen LogP contribution >= 0.6 is 0 Å². The zero-order valence-corrected chi connectivity index (χ0v) is 14.0. The predicted molar refractivity (Wildman–Crippen MR) is 96.0 cm³/mol. The molecule has 0 saturated carbocycles. The lowest BCUT2D eigenvalue weighted by atomic mass is 10.1. The first kappa shape index (κ1) is 15.1. The number of nitrogens with one attached hydrogen (secondary N) is 1. The average Bonchev–Trinajstić information content (AvgIpc) is 2.98. The van der Waals surface area contributed by atoms with E-state index in [0.717, 1.165) is 42.9 Å². The number of carbonyl (C=O) groups is 1. The highest BCUT2D eigenvalue weighted by Gasteiger charge is 2.18. The van der Waals surface area contributed by atoms with Crippen LogP contribution in [0.5, 0.6) is 0 Å². The van der Waals surface area contributed by atoms with Crippen LogP contribution in [0.25, 0.3) is 21.8 Å². The summed E-state index contributed by atoms with van der Waals surface area (Å²) in [4.78, 5) is 24.5. The molecule has 0 spiro atoms. The smallest absolute Gasteiger partial charge is 0.223 e. The van der Waals surface area contributed by atoms with Gasteiger partial charge < -0.3 is 14.8 Å². The van der Waals surface area contributed by atoms with E-state index in [0.29, 0.717) is 12.8 Å². The standard InChI is InChI=1S/C19H22N4O/c1-22-8-10-23(11-9-22)19(24)7-6-14-12-16-15-4-2-3-5-17(15)21-18(16)13-20-14/h2-5,12-13,21H,6-11H2,1H3. The van der Waals surface area contributed by atoms with E-state index in [2.05, 4.69) is 40.1 Å². The van der Waals surface area contributed by atoms with E-state index in [4.69, 9.17) is 0 Å². The molecule has 2 aromatic heterocycles. The monoisotopic (exact) mass is 322 g/mol. The van der Waals surface area contributed by atoms with Crippen molar-refractivity contribution >= 4 is 27.7 Å². The Morgan fingerprint density at radius 1 is 1.12 bits per heavy atom. The third kappa shape index (κ3) is 2.87. The molecular formula is C19H22N4O. The molecule has 1 aliphatic rings. The van der Waals surface area contributed by atoms with Crippen LogP contribution in [0, 0.1) is 0 Å². The molecule has 0 aliphatic carbocycles. The summed E-state index contributed by atoms with van der Waals surface area (Å²) < 4.78 is 0. The molecule has 1 amide bonds. The summed E-state index contributed by atoms with van der Waals surface area (Å²) in [5, 5.41) is 2.39. The number of para-hydroxylation sites is 1. The van der Waals surface area contributed by atoms with Crippen LogP contribution in [0.2, 0.25) is 0 Å². The maximum atomic E-state index is 12.4. The third-order valence-electron chi connectivity index (χ3n) is 4.90. The van der Waals surface area contributed by atoms with E-state index in [1.54, 1.807) is 0 Å². The minimum atomic E-state index is 0.240. The summed E-state index contributed by atoms with van der Waals surface area (Å²) in [5.41, 5.74) is 3.15. The fourth-order valence-electron chi connectivity index (χ4n) is 3.38. The first-order chi connectivity index (χ1) is 11.7. The number of H-pyrrole nitrogens is 1. The largest absolute Gasteiger partial charge is 0.353 e. The zero-order chi connectivity index (χ0) is 16.5. The van der Waals surface area contributed by atoms with Gasteiger partial charge >= 0.3 is 0 Å². The topological polar surface area (TPSA) is 52.2 Å². The molecule has 3 heterocycles. The number of amides is 1. The third-order valence-corrected chi connectivity index (χ3v) is 4.90. The van der Waals surface area contributed by atoms with Gasteiger partial charge in [-0.15, -0.1) is 0 Å². The van der Waals surface area contributed by atoms with Gasteiger partial charge in [0.1, 0.15) is 0 Å². The van der Waals surface area contributed by atoms with Gasteiger partial charge in [-0.3, -0.25) is 9.78 Å². The predicted octanol–water partition coefficient (Wildman–Crippen LogP) is 2.42. The number of hydrogen-bond donors (Lipinski definition) is 1. The van der Waals surface area contributed by atoms with Crippen molar-refractivity contribution in [2.45, 2.75) is 12.8 Å². The molecule has 0 atom stereocenters. The Bertz CT molecular complexity index is 877. The molecule has 5 nitrogen and oxygen atoms in total. The molecule has 3 aromatic rings. The van der Waals surface area contributed by atoms with E-state index in [1.807, 2.05) is 23.2 Å². The number of aromatic amines is 1. The van der Waals surface area contributed by atoms with E-state index >= 15 is 0 Å². The number of hydrogen-bond acceptors (Lipinski definition) is 3. The van der Waals surface area contributed by atoms with Crippen molar-refractivity contribution in [3.63, 3.8) is 0 Å². The van der Waals surface area contributed by atoms with E-state index in [-0.39, 0.29) is 5.91 Å². The average molecular weight is 322 g/mol. The molecule has 0 unspecified atom stereocenters. The lowest BCUT2D eigenvalue weighted by molar-refractivity contribution is -0.132. The maximum absolute atomic E-state index is 12.4. The lowest BCUT2D eigenvalue weighted by Crippen LogP contribution is -2.47. The summed E-state index contributed by atoms with van der Waals surface area (Å²) in [6.07, 6.45) is 3.11. The first-order valence-corrected chi connectivity index (χ1v) is 8.52. The van der Waals surface area contributed by atoms with Crippen molar-refractivity contribution in [1.82, 2.24) is 19.8 Å². The number of nitrogens with zero attached hydrogens (tertiary/aromatic N) is 3. The molecule has 1 N–H and O–H groups in total. The number of carbonyl (C=O) groups excluding carboxylic acids is 1. The number of likely N-dealkylation sites (N-methyl/N-ethyl adjacent to an activating group) is 1. The molecule has 0 bridgehead atoms. The van der Waals surface area contributed by atoms with Gasteiger partial charge in [0.05, 0.1) is 11.7 Å². The van der Waals surface area contributed by atoms with Crippen LogP contribution in [0.1, 0.15) is 12.1 Å². The van der Waals surface area contributed by atoms with Crippen LogP contribution in [0.15, 0.2) is 36.5 Å². The molecule has 1 fully saturated rings. The van der Waals surface area contributed by atoms with Gasteiger partial charge in [0.15, 0.2) is 0 Å². The van der Waals surface area contributed by atoms with Gasteiger partial charge in [-0.2, -0.15) is 0 Å². The summed E-state index contributed by atoms with van der Waals surface area (Å²) in [6.45, 7) is 3.60. The molecule has 24 heavy (non-hydrogen) atoms. The van der Waals surface area contributed by atoms with Crippen molar-refractivity contribution in [1.29, 1.82) is 0 Å². The van der Waals surface area contributed by atoms with Crippen LogP contribution in [0.3, 0.4) is 0 Å². The van der Waals surface area contributed by atoms with E-state index < -0.39 is 0 Å². The highest BCUT2D eigenvalue weighted by Crippen LogP contribution is 2.25. The molecule has 1 aliphatic heterocycles. The second kappa shape index (κ2) is 6.24. The zero-order valence-electron chi connectivity index (χ0n) is 14.0. The number of fused-ring (bicyclic) bond motifs is 3. The van der Waals surface area contributed by atoms with Crippen LogP contribution < -0.4 is 0 Å². The fraction of sp³-hybridized carbons (Fsp3) is 0.368. The minimum absolute atomic E-state index is 0.240. The van der Waals surface area contributed by atoms with E-state index in [9.17, 15) is 4.79 Å². The summed E-state index contributed by atoms with van der Waals surface area (Å²) in [5.74, 6) is 0.240. The summed E-state index contributed by atoms with van der Waals surface area (Å²) >= 11 is 0. The van der Waals surface area contributed by atoms with Crippen molar-refractivity contribution in [3.8, 4) is 0 Å². The Labute approximate surface area is 141 Å². The highest BCUT2D eigenvalue weighted by atomic mass is 16.2. The highest BCUT2D eigenvalue weighted by molar-refractivity contribution is 6.06. The molecule has 1 saturated heterocycles. The number of piperazine rings is 1. The van der Waals surface area contributed by atoms with Gasteiger partial charge in [-0.1, -0.05) is 18.2 Å². The van der Waals surface area contributed by atoms with Gasteiger partial charge in [0.2, 0.25) is 5.91 Å². The maximum Gasteiger partial charge on any atom is 0.223 e. The van der Waals surface area contributed by atoms with Crippen molar-refractivity contribution in [3.05, 3.63) is 42.2 Å². The number of aromatic nitrogens is 2. The normalized spacial score (nSPS) is 16.1. The lowest BCUT2D eigenvalue weighted by Gasteiger charge is -2.32. The van der Waals surface area contributed by atoms with Gasteiger partial charge in [-0.25, -0.2) is 0 Å². The summed E-state index contributed by atoms with van der Waals surface area (Å²) in [6, 6.07) is 10.4. The van der Waals surface area contributed by atoms with Gasteiger partial charge in [-0.05, 0) is 25.6 Å². The Morgan fingerprint density at radius 2 is 1.92 bits per heavy atom. The van der Waals surface area contributed by atoms with Crippen LogP contribution in [-0.4, -0.2) is 58.9 Å². The van der Waals surface area contributed by atoms with Gasteiger partial charge in [0, 0.05) is 54.6 Å². The van der Waals surface area contributed by atoms with Crippen LogP contribution in [-0.2, 0) is 11.2 Å². The SMILES string of the molecule is CN1CCN(C(=O)CCc2cc3c(cn2)[nH]c2ccccc23)CC1. The summed E-state index contributed by atoms with van der Waals surface area (Å²) in [7, 11) is 2.10. The van der Waals surface area contributed by atoms with Crippen molar-refractivity contribution in [2.24, 2.45) is 0 Å². The second-order valence-corrected chi connectivity index (χ2v) is 6.58. The van der Waals surface area contributed by atoms with Crippen molar-refractivity contribution < 1.29 is 4.79 Å². The fourth-order valence-corrected chi connectivity index (χ4v) is 3.38. The Hall–Kier alpha value is -2.40. The molecule has 5 heteroatoms. The van der Waals surface area contributed by atoms with E-state index in [1.165, 1.54) is 10.8 Å². The van der Waals surface area contributed by atoms with Crippen LogP contribution in [0.4, 0.5) is 0 Å². The number of rotatable bonds is 3. The van der Waals surface area contributed by atoms with Crippen molar-refractivity contribution in [2.75, 3.05) is 33.2 Å². The number of benzene rings is 1. The molecule has 4 rings (SSSR count). The Morgan fingerprint density at radius 3 is 2.75 bits per heavy atom. The van der Waals surface area contributed by atoms with Gasteiger partial charge in [0.25, 0.3) is 0 Å². The quantitative estimate of drug-likeness (QED) is 0.806. The molecule has 1 aromatic carbocycles. The second-order valence-electron chi connectivity index (χ2n) is 6.58. The molecule has 0 radical (unpaired) electrons. The minimum Gasteiger partial charge on any atom is -0.353 e. The first-order valence-electron chi connectivity index (χ1n) is 8.52. The Balaban J connectivity index is 1.48. The Kier molecular flexibility index (Phi) is 3.94. The molecule has 124 valence electrons. The molecular weight excluding hydrogens is 300 g/mol.